The van der Waals surface area contributed by atoms with Gasteiger partial charge in [-0.2, -0.15) is 0 Å². The van der Waals surface area contributed by atoms with Crippen LogP contribution in [0.2, 0.25) is 0 Å². The lowest BCUT2D eigenvalue weighted by Gasteiger charge is -2.18. The Kier molecular flexibility index (Phi) is 8.85. The monoisotopic (exact) mass is 466 g/mol. The molecule has 0 amide bonds. The summed E-state index contributed by atoms with van der Waals surface area (Å²) in [7, 11) is 3.17. The fourth-order valence-corrected chi connectivity index (χ4v) is 4.34. The number of aromatic carboxylic acids is 1. The minimum absolute atomic E-state index is 0.0673. The second kappa shape index (κ2) is 11.8. The first-order chi connectivity index (χ1) is 16.5. The van der Waals surface area contributed by atoms with Crippen molar-refractivity contribution in [2.45, 2.75) is 58.9 Å². The number of hydrogen-bond donors (Lipinski definition) is 1. The van der Waals surface area contributed by atoms with E-state index in [2.05, 4.69) is 6.92 Å². The molecule has 0 aliphatic carbocycles. The van der Waals surface area contributed by atoms with Crippen molar-refractivity contribution in [3.05, 3.63) is 81.5 Å². The fraction of sp³-hybridized carbons (Fsp3) is 0.407. The average molecular weight is 467 g/mol. The first kappa shape index (κ1) is 25.5. The van der Waals surface area contributed by atoms with E-state index >= 15 is 0 Å². The molecule has 0 atom stereocenters. The van der Waals surface area contributed by atoms with Gasteiger partial charge >= 0.3 is 11.7 Å². The first-order valence-corrected chi connectivity index (χ1v) is 11.8. The van der Waals surface area contributed by atoms with E-state index in [1.165, 1.54) is 0 Å². The zero-order chi connectivity index (χ0) is 24.7. The number of imidazole rings is 1. The molecule has 0 aliphatic rings. The Morgan fingerprint density at radius 3 is 2.24 bits per heavy atom. The Hall–Kier alpha value is -3.16. The zero-order valence-electron chi connectivity index (χ0n) is 20.4. The lowest BCUT2D eigenvalue weighted by molar-refractivity contribution is -0.111. The number of carboxylic acids is 1. The van der Waals surface area contributed by atoms with Crippen LogP contribution in [0.15, 0.2) is 53.3 Å². The van der Waals surface area contributed by atoms with Crippen LogP contribution in [0.25, 0.3) is 11.1 Å². The smallest absolute Gasteiger partial charge is 0.336 e. The summed E-state index contributed by atoms with van der Waals surface area (Å²) in [6.07, 6.45) is 2.93. The van der Waals surface area contributed by atoms with Gasteiger partial charge in [-0.25, -0.2) is 9.59 Å². The third-order valence-corrected chi connectivity index (χ3v) is 6.00. The maximum absolute atomic E-state index is 13.5. The first-order valence-electron chi connectivity index (χ1n) is 11.8. The van der Waals surface area contributed by atoms with Crippen molar-refractivity contribution in [3.63, 3.8) is 0 Å². The molecule has 0 fully saturated rings. The minimum atomic E-state index is -0.956. The van der Waals surface area contributed by atoms with Crippen molar-refractivity contribution in [2.24, 2.45) is 0 Å². The van der Waals surface area contributed by atoms with Gasteiger partial charge < -0.3 is 14.6 Å². The maximum Gasteiger partial charge on any atom is 0.336 e. The summed E-state index contributed by atoms with van der Waals surface area (Å²) in [4.78, 5) is 25.1. The van der Waals surface area contributed by atoms with E-state index in [4.69, 9.17) is 9.47 Å². The summed E-state index contributed by atoms with van der Waals surface area (Å²) in [6, 6.07) is 14.7. The van der Waals surface area contributed by atoms with E-state index in [0.717, 1.165) is 48.2 Å². The predicted molar refractivity (Wildman–Crippen MR) is 132 cm³/mol. The van der Waals surface area contributed by atoms with Gasteiger partial charge in [0.15, 0.2) is 6.29 Å². The van der Waals surface area contributed by atoms with Crippen molar-refractivity contribution >= 4 is 5.97 Å². The Morgan fingerprint density at radius 2 is 1.65 bits per heavy atom. The molecule has 34 heavy (non-hydrogen) atoms. The second-order valence-electron chi connectivity index (χ2n) is 8.31. The van der Waals surface area contributed by atoms with Crippen LogP contribution >= 0.6 is 0 Å². The number of methoxy groups -OCH3 is 2. The van der Waals surface area contributed by atoms with Crippen LogP contribution in [0.1, 0.15) is 66.7 Å². The third kappa shape index (κ3) is 5.32. The van der Waals surface area contributed by atoms with Gasteiger partial charge in [-0.1, -0.05) is 62.7 Å². The summed E-state index contributed by atoms with van der Waals surface area (Å²) in [6.45, 7) is 5.18. The molecule has 182 valence electrons. The zero-order valence-corrected chi connectivity index (χ0v) is 20.4. The lowest BCUT2D eigenvalue weighted by Crippen LogP contribution is -2.26. The molecule has 3 aromatic rings. The number of nitrogens with zero attached hydrogens (tertiary/aromatic N) is 2. The predicted octanol–water partition coefficient (Wildman–Crippen LogP) is 5.11. The van der Waals surface area contributed by atoms with Gasteiger partial charge in [0.05, 0.1) is 17.8 Å². The average Bonchev–Trinajstić information content (AvgIpc) is 3.10. The number of unbranched alkanes of at least 4 members (excludes halogenated alkanes) is 1. The second-order valence-corrected chi connectivity index (χ2v) is 8.31. The van der Waals surface area contributed by atoms with Crippen molar-refractivity contribution in [3.8, 4) is 11.1 Å². The van der Waals surface area contributed by atoms with E-state index in [1.807, 2.05) is 41.8 Å². The van der Waals surface area contributed by atoms with Crippen LogP contribution in [0.4, 0.5) is 0 Å². The fourth-order valence-electron chi connectivity index (χ4n) is 4.34. The molecule has 1 aromatic heterocycles. The van der Waals surface area contributed by atoms with Crippen LogP contribution in [-0.2, 0) is 29.0 Å². The number of rotatable bonds is 12. The number of benzene rings is 2. The third-order valence-electron chi connectivity index (χ3n) is 6.00. The van der Waals surface area contributed by atoms with Crippen molar-refractivity contribution in [2.75, 3.05) is 14.2 Å². The molecule has 0 spiro atoms. The largest absolute Gasteiger partial charge is 0.478 e. The minimum Gasteiger partial charge on any atom is -0.478 e. The van der Waals surface area contributed by atoms with Gasteiger partial charge in [0.25, 0.3) is 0 Å². The highest BCUT2D eigenvalue weighted by Gasteiger charge is 2.26. The normalized spacial score (nSPS) is 11.3. The van der Waals surface area contributed by atoms with Gasteiger partial charge in [0, 0.05) is 26.5 Å². The van der Waals surface area contributed by atoms with Crippen molar-refractivity contribution < 1.29 is 19.4 Å². The highest BCUT2D eigenvalue weighted by Crippen LogP contribution is 2.26. The highest BCUT2D eigenvalue weighted by molar-refractivity contribution is 5.95. The van der Waals surface area contributed by atoms with Crippen LogP contribution in [0, 0.1) is 0 Å². The molecule has 0 unspecified atom stereocenters. The number of aromatic nitrogens is 2. The molecule has 0 saturated carbocycles. The van der Waals surface area contributed by atoms with E-state index in [9.17, 15) is 14.7 Å². The van der Waals surface area contributed by atoms with E-state index in [0.29, 0.717) is 18.7 Å². The summed E-state index contributed by atoms with van der Waals surface area (Å²) in [5, 5.41) is 9.50. The van der Waals surface area contributed by atoms with Gasteiger partial charge in [-0.15, -0.1) is 0 Å². The van der Waals surface area contributed by atoms with Crippen molar-refractivity contribution in [1.29, 1.82) is 0 Å². The van der Waals surface area contributed by atoms with Crippen LogP contribution < -0.4 is 5.69 Å². The van der Waals surface area contributed by atoms with Crippen molar-refractivity contribution in [1.82, 2.24) is 9.13 Å². The molecule has 3 rings (SSSR count). The van der Waals surface area contributed by atoms with Gasteiger partial charge in [-0.05, 0) is 42.0 Å². The molecular formula is C27H34N2O5. The molecule has 0 radical (unpaired) electrons. The number of ether oxygens (including phenoxy) is 2. The summed E-state index contributed by atoms with van der Waals surface area (Å²) in [5.41, 5.74) is 4.38. The maximum atomic E-state index is 13.5. The molecule has 7 nitrogen and oxygen atoms in total. The standard InChI is InChI=1S/C27H34N2O5/c1-5-7-12-23-24(26(33-3)34-4)28(17-6-2)27(32)29(23)18-19-13-15-20(16-14-19)21-10-8-9-11-22(21)25(30)31/h8-11,13-16,26H,5-7,12,17-18H2,1-4H3,(H,30,31). The molecular weight excluding hydrogens is 432 g/mol. The number of carboxylic acid groups (broad SMARTS) is 1. The van der Waals surface area contributed by atoms with Crippen LogP contribution in [0.5, 0.6) is 0 Å². The summed E-state index contributed by atoms with van der Waals surface area (Å²) in [5.74, 6) is -0.956. The van der Waals surface area contributed by atoms with Gasteiger partial charge in [0.1, 0.15) is 0 Å². The highest BCUT2D eigenvalue weighted by atomic mass is 16.7. The topological polar surface area (TPSA) is 82.7 Å². The Bertz CT molecular complexity index is 1160. The Balaban J connectivity index is 2.03. The summed E-state index contributed by atoms with van der Waals surface area (Å²) >= 11 is 0. The quantitative estimate of drug-likeness (QED) is 0.375. The van der Waals surface area contributed by atoms with E-state index in [-0.39, 0.29) is 11.3 Å². The Labute approximate surface area is 200 Å². The van der Waals surface area contributed by atoms with E-state index < -0.39 is 12.3 Å². The number of carbonyl (C=O) groups is 1. The van der Waals surface area contributed by atoms with Crippen LogP contribution in [0.3, 0.4) is 0 Å². The molecule has 0 saturated heterocycles. The van der Waals surface area contributed by atoms with Crippen LogP contribution in [-0.4, -0.2) is 34.4 Å². The van der Waals surface area contributed by atoms with E-state index in [1.54, 1.807) is 37.0 Å². The Morgan fingerprint density at radius 1 is 0.971 bits per heavy atom. The molecule has 1 N–H and O–H groups in total. The van der Waals surface area contributed by atoms with Gasteiger partial charge in [0.2, 0.25) is 0 Å². The molecule has 2 aromatic carbocycles. The molecule has 0 bridgehead atoms. The van der Waals surface area contributed by atoms with Gasteiger partial charge in [-0.3, -0.25) is 9.13 Å². The lowest BCUT2D eigenvalue weighted by atomic mass is 9.98. The number of hydrogen-bond acceptors (Lipinski definition) is 4. The molecule has 7 heteroatoms. The molecule has 0 aliphatic heterocycles. The summed E-state index contributed by atoms with van der Waals surface area (Å²) < 4.78 is 14.7. The molecule has 1 heterocycles. The SMILES string of the molecule is CCCCc1c(C(OC)OC)n(CCC)c(=O)n1Cc1ccc(-c2ccccc2C(=O)O)cc1.